The molecule has 0 aromatic carbocycles. The minimum absolute atomic E-state index is 0.0105. The number of rotatable bonds is 3. The minimum Gasteiger partial charge on any atom is -0.459 e. The van der Waals surface area contributed by atoms with E-state index in [1.165, 1.54) is 5.57 Å². The maximum atomic E-state index is 12.7. The van der Waals surface area contributed by atoms with Gasteiger partial charge < -0.3 is 4.74 Å². The predicted octanol–water partition coefficient (Wildman–Crippen LogP) is 4.20. The molecule has 23 heavy (non-hydrogen) atoms. The molecule has 1 heterocycles. The summed E-state index contributed by atoms with van der Waals surface area (Å²) in [5.74, 6) is 1.24. The molecular weight excluding hydrogens is 288 g/mol. The van der Waals surface area contributed by atoms with E-state index in [1.807, 2.05) is 0 Å². The summed E-state index contributed by atoms with van der Waals surface area (Å²) in [6.45, 7) is 8.41. The molecule has 0 aromatic heterocycles. The van der Waals surface area contributed by atoms with E-state index >= 15 is 0 Å². The number of ketones is 1. The highest BCUT2D eigenvalue weighted by atomic mass is 16.6. The number of Topliss-reactive ketones (excluding diaryl/α,β-unsaturated/α-hetero) is 1. The number of hydrogen-bond donors (Lipinski definition) is 0. The van der Waals surface area contributed by atoms with E-state index in [9.17, 15) is 9.59 Å². The second kappa shape index (κ2) is 4.70. The standard InChI is InChI=1S/C20H28O3/c1-13-11-20(12-14(13)5-6-16(20)21)10-7-15-18(2)8-4-9-19(15,3)23-17(18)22/h14-15H,1,4-12H2,2-3H3. The van der Waals surface area contributed by atoms with E-state index in [1.54, 1.807) is 0 Å². The zero-order valence-corrected chi connectivity index (χ0v) is 14.5. The first-order valence-corrected chi connectivity index (χ1v) is 9.24. The number of ether oxygens (including phenoxy) is 1. The van der Waals surface area contributed by atoms with E-state index in [4.69, 9.17) is 4.74 Å². The second-order valence-electron chi connectivity index (χ2n) is 9.04. The number of fused-ring (bicyclic) bond motifs is 4. The zero-order valence-electron chi connectivity index (χ0n) is 14.5. The number of hydrogen-bond acceptors (Lipinski definition) is 3. The Morgan fingerprint density at radius 1 is 1.26 bits per heavy atom. The molecule has 0 radical (unpaired) electrons. The molecule has 3 aliphatic carbocycles. The first kappa shape index (κ1) is 15.4. The minimum atomic E-state index is -0.337. The Kier molecular flexibility index (Phi) is 3.15. The van der Waals surface area contributed by atoms with Crippen molar-refractivity contribution in [3.8, 4) is 0 Å². The summed E-state index contributed by atoms with van der Waals surface area (Å²) in [5.41, 5.74) is 0.462. The van der Waals surface area contributed by atoms with E-state index in [2.05, 4.69) is 20.4 Å². The molecule has 4 aliphatic rings. The van der Waals surface area contributed by atoms with Gasteiger partial charge in [-0.1, -0.05) is 12.2 Å². The molecule has 4 fully saturated rings. The van der Waals surface area contributed by atoms with Gasteiger partial charge in [0.15, 0.2) is 0 Å². The molecule has 0 N–H and O–H groups in total. The van der Waals surface area contributed by atoms with Crippen LogP contribution < -0.4 is 0 Å². The van der Waals surface area contributed by atoms with Gasteiger partial charge in [0, 0.05) is 17.8 Å². The van der Waals surface area contributed by atoms with Gasteiger partial charge in [0.25, 0.3) is 0 Å². The highest BCUT2D eigenvalue weighted by Gasteiger charge is 2.62. The van der Waals surface area contributed by atoms with Gasteiger partial charge in [-0.25, -0.2) is 0 Å². The van der Waals surface area contributed by atoms with Crippen LogP contribution in [0.4, 0.5) is 0 Å². The molecule has 5 atom stereocenters. The van der Waals surface area contributed by atoms with Crippen molar-refractivity contribution in [2.45, 2.75) is 77.2 Å². The molecule has 1 saturated heterocycles. The smallest absolute Gasteiger partial charge is 0.312 e. The van der Waals surface area contributed by atoms with Crippen LogP contribution in [0.15, 0.2) is 12.2 Å². The Labute approximate surface area is 138 Å². The highest BCUT2D eigenvalue weighted by Crippen LogP contribution is 2.60. The fraction of sp³-hybridized carbons (Fsp3) is 0.800. The van der Waals surface area contributed by atoms with Crippen LogP contribution in [-0.4, -0.2) is 17.4 Å². The fourth-order valence-electron chi connectivity index (χ4n) is 6.25. The van der Waals surface area contributed by atoms with Gasteiger partial charge in [-0.2, -0.15) is 0 Å². The van der Waals surface area contributed by atoms with Crippen LogP contribution in [0.1, 0.15) is 71.6 Å². The van der Waals surface area contributed by atoms with E-state index < -0.39 is 0 Å². The molecule has 4 rings (SSSR count). The van der Waals surface area contributed by atoms with E-state index in [0.717, 1.165) is 57.8 Å². The highest BCUT2D eigenvalue weighted by molar-refractivity contribution is 5.87. The van der Waals surface area contributed by atoms with Crippen LogP contribution in [0.5, 0.6) is 0 Å². The molecule has 3 heteroatoms. The maximum absolute atomic E-state index is 12.7. The van der Waals surface area contributed by atoms with Gasteiger partial charge >= 0.3 is 5.97 Å². The van der Waals surface area contributed by atoms with Gasteiger partial charge in [0.1, 0.15) is 11.4 Å². The van der Waals surface area contributed by atoms with Crippen molar-refractivity contribution in [2.75, 3.05) is 0 Å². The summed E-state index contributed by atoms with van der Waals surface area (Å²) in [7, 11) is 0. The Morgan fingerprint density at radius 3 is 2.78 bits per heavy atom. The average Bonchev–Trinajstić information content (AvgIpc) is 2.80. The summed E-state index contributed by atoms with van der Waals surface area (Å²) < 4.78 is 5.81. The monoisotopic (exact) mass is 316 g/mol. The Hall–Kier alpha value is -1.12. The van der Waals surface area contributed by atoms with Crippen molar-refractivity contribution in [1.82, 2.24) is 0 Å². The zero-order chi connectivity index (χ0) is 16.5. The molecule has 0 amide bonds. The van der Waals surface area contributed by atoms with Crippen LogP contribution in [0, 0.1) is 22.7 Å². The molecule has 0 aromatic rings. The molecule has 1 aliphatic heterocycles. The summed E-state index contributed by atoms with van der Waals surface area (Å²) in [6.07, 6.45) is 8.41. The van der Waals surface area contributed by atoms with Crippen molar-refractivity contribution < 1.29 is 14.3 Å². The lowest BCUT2D eigenvalue weighted by atomic mass is 9.60. The molecule has 3 nitrogen and oxygen atoms in total. The van der Waals surface area contributed by atoms with E-state index in [-0.39, 0.29) is 28.3 Å². The Balaban J connectivity index is 1.56. The molecule has 0 spiro atoms. The Bertz CT molecular complexity index is 594. The summed E-state index contributed by atoms with van der Waals surface area (Å²) in [5, 5.41) is 0. The van der Waals surface area contributed by atoms with Crippen molar-refractivity contribution in [2.24, 2.45) is 22.7 Å². The molecular formula is C20H28O3. The van der Waals surface area contributed by atoms with Crippen molar-refractivity contribution in [1.29, 1.82) is 0 Å². The normalized spacial score (nSPS) is 48.7. The number of carbonyl (C=O) groups excluding carboxylic acids is 2. The van der Waals surface area contributed by atoms with Crippen LogP contribution in [0.25, 0.3) is 0 Å². The lowest BCUT2D eigenvalue weighted by Crippen LogP contribution is -2.43. The lowest BCUT2D eigenvalue weighted by molar-refractivity contribution is -0.151. The number of esters is 1. The largest absolute Gasteiger partial charge is 0.459 e. The first-order valence-electron chi connectivity index (χ1n) is 9.24. The molecule has 3 saturated carbocycles. The van der Waals surface area contributed by atoms with Gasteiger partial charge in [0.2, 0.25) is 0 Å². The molecule has 126 valence electrons. The third-order valence-electron chi connectivity index (χ3n) is 7.67. The van der Waals surface area contributed by atoms with E-state index in [0.29, 0.717) is 11.7 Å². The first-order chi connectivity index (χ1) is 10.8. The maximum Gasteiger partial charge on any atom is 0.312 e. The van der Waals surface area contributed by atoms with Crippen LogP contribution in [0.3, 0.4) is 0 Å². The third-order valence-corrected chi connectivity index (χ3v) is 7.67. The quantitative estimate of drug-likeness (QED) is 0.579. The molecule has 4 bridgehead atoms. The van der Waals surface area contributed by atoms with Gasteiger partial charge in [0.05, 0.1) is 5.41 Å². The van der Waals surface area contributed by atoms with Crippen molar-refractivity contribution in [3.63, 3.8) is 0 Å². The van der Waals surface area contributed by atoms with Crippen molar-refractivity contribution >= 4 is 11.8 Å². The predicted molar refractivity (Wildman–Crippen MR) is 87.7 cm³/mol. The number of allylic oxidation sites excluding steroid dienone is 1. The molecule has 5 unspecified atom stereocenters. The number of carbonyl (C=O) groups is 2. The Morgan fingerprint density at radius 2 is 2.04 bits per heavy atom. The van der Waals surface area contributed by atoms with Crippen LogP contribution in [-0.2, 0) is 14.3 Å². The third kappa shape index (κ3) is 2.01. The van der Waals surface area contributed by atoms with Crippen LogP contribution >= 0.6 is 0 Å². The van der Waals surface area contributed by atoms with Gasteiger partial charge in [-0.3, -0.25) is 9.59 Å². The van der Waals surface area contributed by atoms with Gasteiger partial charge in [-0.15, -0.1) is 0 Å². The van der Waals surface area contributed by atoms with Gasteiger partial charge in [-0.05, 0) is 71.1 Å². The van der Waals surface area contributed by atoms with Crippen molar-refractivity contribution in [3.05, 3.63) is 12.2 Å². The fourth-order valence-corrected chi connectivity index (χ4v) is 6.25. The summed E-state index contributed by atoms with van der Waals surface area (Å²) in [4.78, 5) is 25.1. The lowest BCUT2D eigenvalue weighted by Gasteiger charge is -2.41. The second-order valence-corrected chi connectivity index (χ2v) is 9.04. The average molecular weight is 316 g/mol. The summed E-state index contributed by atoms with van der Waals surface area (Å²) >= 11 is 0. The van der Waals surface area contributed by atoms with Crippen LogP contribution in [0.2, 0.25) is 0 Å². The SMILES string of the molecule is C=C1CC2(CCC3C4(C)CCCC3(C)C(=O)O4)CC1CCC2=O. The topological polar surface area (TPSA) is 43.4 Å². The summed E-state index contributed by atoms with van der Waals surface area (Å²) in [6, 6.07) is 0.